The molecule has 1 rings (SSSR count). The summed E-state index contributed by atoms with van der Waals surface area (Å²) in [5.74, 6) is -0.331. The van der Waals surface area contributed by atoms with Crippen molar-refractivity contribution in [3.05, 3.63) is 28.2 Å². The van der Waals surface area contributed by atoms with Gasteiger partial charge in [-0.3, -0.25) is 4.98 Å². The molecule has 0 bridgehead atoms. The summed E-state index contributed by atoms with van der Waals surface area (Å²) < 4.78 is 14.0. The van der Waals surface area contributed by atoms with Crippen molar-refractivity contribution in [3.8, 4) is 0 Å². The summed E-state index contributed by atoms with van der Waals surface area (Å²) in [7, 11) is 0. The normalized spacial score (nSPS) is 12.9. The molecule has 0 saturated heterocycles. The van der Waals surface area contributed by atoms with E-state index in [2.05, 4.69) is 27.8 Å². The first-order valence-electron chi connectivity index (χ1n) is 4.71. The van der Waals surface area contributed by atoms with E-state index in [1.165, 1.54) is 6.07 Å². The Morgan fingerprint density at radius 1 is 1.64 bits per heavy atom. The second-order valence-corrected chi connectivity index (χ2v) is 4.18. The number of aromatic nitrogens is 1. The monoisotopic (exact) mass is 260 g/mol. The van der Waals surface area contributed by atoms with Gasteiger partial charge in [-0.25, -0.2) is 4.39 Å². The van der Waals surface area contributed by atoms with Gasteiger partial charge in [-0.15, -0.1) is 0 Å². The summed E-state index contributed by atoms with van der Waals surface area (Å²) >= 11 is 3.15. The average Bonchev–Trinajstić information content (AvgIpc) is 2.14. The molecule has 0 amide bonds. The molecule has 0 aromatic carbocycles. The van der Waals surface area contributed by atoms with Crippen LogP contribution < -0.4 is 5.73 Å². The van der Waals surface area contributed by atoms with E-state index in [1.54, 1.807) is 6.20 Å². The van der Waals surface area contributed by atoms with Crippen molar-refractivity contribution in [1.29, 1.82) is 0 Å². The predicted molar refractivity (Wildman–Crippen MR) is 58.3 cm³/mol. The zero-order chi connectivity index (χ0) is 10.6. The Labute approximate surface area is 91.8 Å². The molecule has 1 unspecified atom stereocenters. The average molecular weight is 261 g/mol. The molecule has 1 aromatic rings. The SMILES string of the molecule is CCCCC(N)c1ncc(Br)cc1F. The molecule has 78 valence electrons. The fourth-order valence-electron chi connectivity index (χ4n) is 1.26. The van der Waals surface area contributed by atoms with Gasteiger partial charge in [0, 0.05) is 16.7 Å². The highest BCUT2D eigenvalue weighted by Crippen LogP contribution is 2.20. The number of hydrogen-bond acceptors (Lipinski definition) is 2. The number of nitrogens with two attached hydrogens (primary N) is 1. The third-order valence-corrected chi connectivity index (χ3v) is 2.49. The van der Waals surface area contributed by atoms with E-state index >= 15 is 0 Å². The number of nitrogens with zero attached hydrogens (tertiary/aromatic N) is 1. The molecule has 0 saturated carbocycles. The van der Waals surface area contributed by atoms with Gasteiger partial charge >= 0.3 is 0 Å². The standard InChI is InChI=1S/C10H14BrFN2/c1-2-3-4-9(13)10-8(12)5-7(11)6-14-10/h5-6,9H,2-4,13H2,1H3. The third kappa shape index (κ3) is 3.03. The predicted octanol–water partition coefficient (Wildman–Crippen LogP) is 3.17. The van der Waals surface area contributed by atoms with E-state index in [-0.39, 0.29) is 11.9 Å². The van der Waals surface area contributed by atoms with Gasteiger partial charge in [-0.05, 0) is 28.4 Å². The molecular formula is C10H14BrFN2. The number of rotatable bonds is 4. The Morgan fingerprint density at radius 3 is 2.93 bits per heavy atom. The Morgan fingerprint density at radius 2 is 2.36 bits per heavy atom. The number of hydrogen-bond donors (Lipinski definition) is 1. The maximum Gasteiger partial charge on any atom is 0.147 e. The molecule has 2 nitrogen and oxygen atoms in total. The third-order valence-electron chi connectivity index (χ3n) is 2.06. The van der Waals surface area contributed by atoms with E-state index in [1.807, 2.05) is 0 Å². The largest absolute Gasteiger partial charge is 0.323 e. The Bertz CT molecular complexity index is 304. The minimum absolute atomic E-state index is 0.289. The van der Waals surface area contributed by atoms with E-state index in [9.17, 15) is 4.39 Å². The van der Waals surface area contributed by atoms with E-state index < -0.39 is 0 Å². The van der Waals surface area contributed by atoms with Crippen LogP contribution in [0.5, 0.6) is 0 Å². The molecule has 0 aliphatic carbocycles. The second-order valence-electron chi connectivity index (χ2n) is 3.27. The van der Waals surface area contributed by atoms with Crippen LogP contribution in [0, 0.1) is 5.82 Å². The van der Waals surface area contributed by atoms with Gasteiger partial charge in [0.15, 0.2) is 0 Å². The first kappa shape index (κ1) is 11.6. The van der Waals surface area contributed by atoms with Gasteiger partial charge in [0.05, 0.1) is 5.69 Å². The maximum atomic E-state index is 13.4. The van der Waals surface area contributed by atoms with Crippen LogP contribution in [0.3, 0.4) is 0 Å². The highest BCUT2D eigenvalue weighted by atomic mass is 79.9. The number of unbranched alkanes of at least 4 members (excludes halogenated alkanes) is 1. The summed E-state index contributed by atoms with van der Waals surface area (Å²) in [5.41, 5.74) is 6.18. The van der Waals surface area contributed by atoms with Crippen LogP contribution >= 0.6 is 15.9 Å². The molecule has 14 heavy (non-hydrogen) atoms. The first-order chi connectivity index (χ1) is 6.65. The lowest BCUT2D eigenvalue weighted by Gasteiger charge is -2.10. The summed E-state index contributed by atoms with van der Waals surface area (Å²) in [6.45, 7) is 2.08. The van der Waals surface area contributed by atoms with Crippen LogP contribution in [0.4, 0.5) is 4.39 Å². The summed E-state index contributed by atoms with van der Waals surface area (Å²) in [5, 5.41) is 0. The van der Waals surface area contributed by atoms with Crippen molar-refractivity contribution < 1.29 is 4.39 Å². The molecule has 1 heterocycles. The fraction of sp³-hybridized carbons (Fsp3) is 0.500. The molecule has 0 aliphatic heterocycles. The second kappa shape index (κ2) is 5.41. The van der Waals surface area contributed by atoms with Crippen molar-refractivity contribution in [2.75, 3.05) is 0 Å². The van der Waals surface area contributed by atoms with Crippen molar-refractivity contribution >= 4 is 15.9 Å². The van der Waals surface area contributed by atoms with E-state index in [0.717, 1.165) is 19.3 Å². The molecule has 4 heteroatoms. The van der Waals surface area contributed by atoms with Crippen LogP contribution in [0.1, 0.15) is 37.9 Å². The van der Waals surface area contributed by atoms with Crippen LogP contribution in [0.25, 0.3) is 0 Å². The van der Waals surface area contributed by atoms with Crippen molar-refractivity contribution in [1.82, 2.24) is 4.98 Å². The molecule has 1 atom stereocenters. The molecule has 0 fully saturated rings. The van der Waals surface area contributed by atoms with Gasteiger partial charge in [-0.2, -0.15) is 0 Å². The fourth-order valence-corrected chi connectivity index (χ4v) is 1.56. The van der Waals surface area contributed by atoms with Gasteiger partial charge in [-0.1, -0.05) is 19.8 Å². The quantitative estimate of drug-likeness (QED) is 0.904. The lowest BCUT2D eigenvalue weighted by molar-refractivity contribution is 0.531. The van der Waals surface area contributed by atoms with Crippen molar-refractivity contribution in [3.63, 3.8) is 0 Å². The zero-order valence-corrected chi connectivity index (χ0v) is 9.72. The van der Waals surface area contributed by atoms with Crippen LogP contribution in [-0.4, -0.2) is 4.98 Å². The topological polar surface area (TPSA) is 38.9 Å². The number of halogens is 2. The summed E-state index contributed by atoms with van der Waals surface area (Å²) in [4.78, 5) is 3.98. The number of pyridine rings is 1. The lowest BCUT2D eigenvalue weighted by atomic mass is 10.1. The lowest BCUT2D eigenvalue weighted by Crippen LogP contribution is -2.13. The van der Waals surface area contributed by atoms with Crippen molar-refractivity contribution in [2.24, 2.45) is 5.73 Å². The molecule has 0 spiro atoms. The molecule has 1 aromatic heterocycles. The van der Waals surface area contributed by atoms with Gasteiger partial charge < -0.3 is 5.73 Å². The minimum Gasteiger partial charge on any atom is -0.323 e. The molecule has 0 radical (unpaired) electrons. The highest BCUT2D eigenvalue weighted by Gasteiger charge is 2.12. The van der Waals surface area contributed by atoms with Crippen LogP contribution in [-0.2, 0) is 0 Å². The first-order valence-corrected chi connectivity index (χ1v) is 5.51. The minimum atomic E-state index is -0.331. The molecule has 0 aliphatic rings. The van der Waals surface area contributed by atoms with Gasteiger partial charge in [0.25, 0.3) is 0 Å². The summed E-state index contributed by atoms with van der Waals surface area (Å²) in [6, 6.07) is 1.11. The summed E-state index contributed by atoms with van der Waals surface area (Å²) in [6.07, 6.45) is 4.41. The smallest absolute Gasteiger partial charge is 0.147 e. The highest BCUT2D eigenvalue weighted by molar-refractivity contribution is 9.10. The van der Waals surface area contributed by atoms with E-state index in [4.69, 9.17) is 5.73 Å². The molecule has 2 N–H and O–H groups in total. The van der Waals surface area contributed by atoms with Crippen LogP contribution in [0.15, 0.2) is 16.7 Å². The Balaban J connectivity index is 2.74. The Hall–Kier alpha value is -0.480. The van der Waals surface area contributed by atoms with E-state index in [0.29, 0.717) is 10.2 Å². The maximum absolute atomic E-state index is 13.4. The van der Waals surface area contributed by atoms with Gasteiger partial charge in [0.2, 0.25) is 0 Å². The van der Waals surface area contributed by atoms with Crippen LogP contribution in [0.2, 0.25) is 0 Å². The Kier molecular flexibility index (Phi) is 4.48. The molecular weight excluding hydrogens is 247 g/mol. The van der Waals surface area contributed by atoms with Gasteiger partial charge in [0.1, 0.15) is 5.82 Å². The zero-order valence-electron chi connectivity index (χ0n) is 8.13. The van der Waals surface area contributed by atoms with Crippen molar-refractivity contribution in [2.45, 2.75) is 32.2 Å².